The number of hydrogen-bond donors (Lipinski definition) is 2. The fraction of sp³-hybridized carbons (Fsp3) is 0.350. The molecule has 28 heavy (non-hydrogen) atoms. The fourth-order valence-corrected chi connectivity index (χ4v) is 3.73. The number of benzene rings is 1. The van der Waals surface area contributed by atoms with Crippen LogP contribution in [0, 0.1) is 19.8 Å². The quantitative estimate of drug-likeness (QED) is 0.845. The molecule has 0 bridgehead atoms. The predicted octanol–water partition coefficient (Wildman–Crippen LogP) is 3.14. The largest absolute Gasteiger partial charge is 0.462 e. The zero-order valence-electron chi connectivity index (χ0n) is 15.4. The Morgan fingerprint density at radius 3 is 2.79 bits per heavy atom. The number of amides is 1. The van der Waals surface area contributed by atoms with Crippen LogP contribution < -0.4 is 11.1 Å². The number of aryl methyl sites for hydroxylation is 2. The summed E-state index contributed by atoms with van der Waals surface area (Å²) in [6, 6.07) is 8.07. The maximum atomic E-state index is 14.3. The van der Waals surface area contributed by atoms with Crippen LogP contribution in [0.2, 0.25) is 0 Å². The smallest absolute Gasteiger partial charge is 0.283 e. The van der Waals surface area contributed by atoms with Gasteiger partial charge in [-0.2, -0.15) is 0 Å². The van der Waals surface area contributed by atoms with E-state index in [1.165, 1.54) is 0 Å². The van der Waals surface area contributed by atoms with E-state index >= 15 is 0 Å². The zero-order chi connectivity index (χ0) is 20.1. The Morgan fingerprint density at radius 1 is 1.32 bits per heavy atom. The van der Waals surface area contributed by atoms with Crippen LogP contribution in [0.3, 0.4) is 0 Å². The van der Waals surface area contributed by atoms with Gasteiger partial charge in [-0.3, -0.25) is 9.78 Å². The van der Waals surface area contributed by atoms with Crippen LogP contribution in [0.1, 0.15) is 33.6 Å². The maximum Gasteiger partial charge on any atom is 0.283 e. The third kappa shape index (κ3) is 2.98. The summed E-state index contributed by atoms with van der Waals surface area (Å²) in [6.45, 7) is 3.61. The number of anilines is 1. The number of carbonyl (C=O) groups excluding carboxylic acids is 1. The van der Waals surface area contributed by atoms with E-state index in [1.54, 1.807) is 43.5 Å². The van der Waals surface area contributed by atoms with Gasteiger partial charge in [0.2, 0.25) is 0 Å². The van der Waals surface area contributed by atoms with Gasteiger partial charge in [-0.25, -0.2) is 13.8 Å². The van der Waals surface area contributed by atoms with E-state index < -0.39 is 23.8 Å². The molecule has 1 aromatic carbocycles. The molecule has 4 rings (SSSR count). The average molecular weight is 386 g/mol. The molecule has 1 saturated carbocycles. The molecular formula is C20H20F2N4O2. The summed E-state index contributed by atoms with van der Waals surface area (Å²) in [7, 11) is 0. The number of halogens is 2. The first-order valence-corrected chi connectivity index (χ1v) is 8.96. The second-order valence-corrected chi connectivity index (χ2v) is 7.28. The number of ether oxygens (including phenoxy) is 1. The van der Waals surface area contributed by atoms with E-state index in [9.17, 15) is 13.6 Å². The number of aliphatic imine (C=N–C) groups is 1. The Bertz CT molecular complexity index is 961. The number of alkyl halides is 2. The molecule has 8 heteroatoms. The van der Waals surface area contributed by atoms with Gasteiger partial charge in [-0.05, 0) is 55.2 Å². The van der Waals surface area contributed by atoms with Gasteiger partial charge in [0.15, 0.2) is 5.54 Å². The van der Waals surface area contributed by atoms with Crippen molar-refractivity contribution in [2.45, 2.75) is 38.3 Å². The second-order valence-electron chi connectivity index (χ2n) is 7.28. The molecule has 3 N–H and O–H groups in total. The highest BCUT2D eigenvalue weighted by Crippen LogP contribution is 2.56. The second kappa shape index (κ2) is 6.54. The number of amidine groups is 1. The third-order valence-corrected chi connectivity index (χ3v) is 5.27. The lowest BCUT2D eigenvalue weighted by atomic mass is 9.82. The van der Waals surface area contributed by atoms with Gasteiger partial charge in [0, 0.05) is 17.8 Å². The van der Waals surface area contributed by atoms with Crippen molar-refractivity contribution in [1.82, 2.24) is 4.98 Å². The lowest BCUT2D eigenvalue weighted by Gasteiger charge is -2.34. The molecular weight excluding hydrogens is 366 g/mol. The Labute approximate surface area is 160 Å². The monoisotopic (exact) mass is 386 g/mol. The molecule has 2 aromatic rings. The molecule has 1 aliphatic heterocycles. The molecule has 2 heterocycles. The Balaban J connectivity index is 1.70. The van der Waals surface area contributed by atoms with Gasteiger partial charge < -0.3 is 15.8 Å². The number of carbonyl (C=O) groups is 1. The highest BCUT2D eigenvalue weighted by Gasteiger charge is 2.63. The summed E-state index contributed by atoms with van der Waals surface area (Å²) < 4.78 is 33.9. The van der Waals surface area contributed by atoms with Gasteiger partial charge in [-0.15, -0.1) is 0 Å². The number of nitrogens with zero attached hydrogens (tertiary/aromatic N) is 2. The van der Waals surface area contributed by atoms with Crippen molar-refractivity contribution >= 4 is 17.6 Å². The van der Waals surface area contributed by atoms with Crippen molar-refractivity contribution < 1.29 is 18.3 Å². The van der Waals surface area contributed by atoms with Crippen molar-refractivity contribution in [3.8, 4) is 0 Å². The third-order valence-electron chi connectivity index (χ3n) is 5.27. The lowest BCUT2D eigenvalue weighted by Crippen LogP contribution is -2.43. The topological polar surface area (TPSA) is 89.6 Å². The van der Waals surface area contributed by atoms with E-state index in [2.05, 4.69) is 15.3 Å². The van der Waals surface area contributed by atoms with Crippen LogP contribution >= 0.6 is 0 Å². The normalized spacial score (nSPS) is 25.5. The zero-order valence-corrected chi connectivity index (χ0v) is 15.4. The van der Waals surface area contributed by atoms with E-state index in [0.717, 1.165) is 5.56 Å². The van der Waals surface area contributed by atoms with E-state index in [-0.39, 0.29) is 17.8 Å². The van der Waals surface area contributed by atoms with Crippen molar-refractivity contribution in [1.29, 1.82) is 0 Å². The minimum Gasteiger partial charge on any atom is -0.462 e. The summed E-state index contributed by atoms with van der Waals surface area (Å²) in [5.41, 5.74) is 6.47. The first-order valence-electron chi connectivity index (χ1n) is 8.96. The van der Waals surface area contributed by atoms with Crippen LogP contribution in [0.5, 0.6) is 0 Å². The molecule has 0 unspecified atom stereocenters. The summed E-state index contributed by atoms with van der Waals surface area (Å²) in [5.74, 6) is -0.858. The number of pyridine rings is 1. The van der Waals surface area contributed by atoms with Gasteiger partial charge >= 0.3 is 0 Å². The Kier molecular flexibility index (Phi) is 4.28. The molecule has 2 aliphatic rings. The molecule has 1 amide bonds. The molecule has 0 saturated heterocycles. The minimum atomic E-state index is -2.76. The first-order chi connectivity index (χ1) is 13.3. The number of nitrogens with two attached hydrogens (primary N) is 1. The van der Waals surface area contributed by atoms with Crippen LogP contribution in [-0.2, 0) is 10.3 Å². The highest BCUT2D eigenvalue weighted by molar-refractivity contribution is 6.02. The lowest BCUT2D eigenvalue weighted by molar-refractivity contribution is 0.0193. The van der Waals surface area contributed by atoms with Crippen molar-refractivity contribution in [2.24, 2.45) is 16.6 Å². The number of fused-ring (bicyclic) bond motifs is 1. The van der Waals surface area contributed by atoms with E-state index in [4.69, 9.17) is 10.5 Å². The van der Waals surface area contributed by atoms with Gasteiger partial charge in [0.05, 0.1) is 0 Å². The van der Waals surface area contributed by atoms with Gasteiger partial charge in [0.25, 0.3) is 18.4 Å². The molecule has 6 nitrogen and oxygen atoms in total. The Morgan fingerprint density at radius 2 is 2.11 bits per heavy atom. The number of rotatable bonds is 4. The fourth-order valence-electron chi connectivity index (χ4n) is 3.73. The highest BCUT2D eigenvalue weighted by atomic mass is 19.3. The van der Waals surface area contributed by atoms with E-state index in [1.807, 2.05) is 6.92 Å². The summed E-state index contributed by atoms with van der Waals surface area (Å²) in [6.07, 6.45) is -1.04. The van der Waals surface area contributed by atoms with Gasteiger partial charge in [0.1, 0.15) is 11.8 Å². The molecule has 146 valence electrons. The van der Waals surface area contributed by atoms with Crippen LogP contribution in [-0.4, -0.2) is 29.4 Å². The maximum absolute atomic E-state index is 14.3. The van der Waals surface area contributed by atoms with Gasteiger partial charge in [-0.1, -0.05) is 12.1 Å². The number of aromatic nitrogens is 1. The molecule has 3 atom stereocenters. The van der Waals surface area contributed by atoms with Crippen molar-refractivity contribution in [2.75, 3.05) is 5.32 Å². The van der Waals surface area contributed by atoms with Crippen molar-refractivity contribution in [3.63, 3.8) is 0 Å². The molecule has 1 aliphatic carbocycles. The Hall–Kier alpha value is -3.03. The van der Waals surface area contributed by atoms with Crippen LogP contribution in [0.25, 0.3) is 0 Å². The average Bonchev–Trinajstić information content (AvgIpc) is 3.42. The van der Waals surface area contributed by atoms with Crippen LogP contribution in [0.4, 0.5) is 14.5 Å². The van der Waals surface area contributed by atoms with Crippen LogP contribution in [0.15, 0.2) is 41.5 Å². The minimum absolute atomic E-state index is 0.225. The summed E-state index contributed by atoms with van der Waals surface area (Å²) >= 11 is 0. The van der Waals surface area contributed by atoms with E-state index in [0.29, 0.717) is 23.2 Å². The SMILES string of the molecule is Cc1ccc(C(=O)Nc2ccc(C)c([C@@]3(C(F)F)N=C(N)O[C@@H]4C[C@@H]43)c2)nc1. The molecule has 1 fully saturated rings. The number of nitrogens with one attached hydrogen (secondary N) is 1. The summed E-state index contributed by atoms with van der Waals surface area (Å²) in [4.78, 5) is 20.6. The predicted molar refractivity (Wildman–Crippen MR) is 100 cm³/mol. The first kappa shape index (κ1) is 18.3. The molecule has 0 radical (unpaired) electrons. The van der Waals surface area contributed by atoms with Crippen molar-refractivity contribution in [3.05, 3.63) is 58.9 Å². The molecule has 0 spiro atoms. The standard InChI is InChI=1S/C20H20F2N4O2/c1-10-3-6-15(24-9-10)17(27)25-12-5-4-11(2)13(7-12)20(18(21)22)14-8-16(14)28-19(23)26-20/h3-7,9,14,16,18H,8H2,1-2H3,(H2,23,26)(H,25,27)/t14-,16+,20+/m0/s1. The number of hydrogen-bond acceptors (Lipinski definition) is 5. The summed E-state index contributed by atoms with van der Waals surface area (Å²) in [5, 5.41) is 2.72. The molecule has 1 aromatic heterocycles.